The highest BCUT2D eigenvalue weighted by Gasteiger charge is 2.44. The topological polar surface area (TPSA) is 97.7 Å². The molecular weight excluding hydrogens is 382 g/mol. The highest BCUT2D eigenvalue weighted by molar-refractivity contribution is 5.79. The molecule has 2 saturated heterocycles. The minimum atomic E-state index is -0.423. The summed E-state index contributed by atoms with van der Waals surface area (Å²) in [5, 5.41) is 0. The number of likely N-dealkylation sites (tertiary alicyclic amines) is 2. The van der Waals surface area contributed by atoms with Crippen LogP contribution in [0.1, 0.15) is 42.7 Å². The predicted molar refractivity (Wildman–Crippen MR) is 110 cm³/mol. The number of furan rings is 1. The molecule has 2 aromatic heterocycles. The third kappa shape index (κ3) is 3.70. The Labute approximate surface area is 176 Å². The number of rotatable bonds is 3. The number of hydrogen-bond donors (Lipinski definition) is 1. The molecule has 3 aliphatic rings. The molecule has 0 saturated carbocycles. The van der Waals surface area contributed by atoms with E-state index in [0.29, 0.717) is 31.6 Å². The first-order valence-electron chi connectivity index (χ1n) is 10.9. The number of piperidine rings is 2. The third-order valence-corrected chi connectivity index (χ3v) is 6.84. The summed E-state index contributed by atoms with van der Waals surface area (Å²) in [6, 6.07) is 3.92. The van der Waals surface area contributed by atoms with Crippen molar-refractivity contribution in [1.29, 1.82) is 0 Å². The number of nitrogen functional groups attached to an aromatic ring is 1. The maximum Gasteiger partial charge on any atom is 0.225 e. The molecule has 2 N–H and O–H groups in total. The number of nitrogens with zero attached hydrogens (tertiary/aromatic N) is 4. The van der Waals surface area contributed by atoms with E-state index in [1.165, 1.54) is 0 Å². The Morgan fingerprint density at radius 3 is 2.77 bits per heavy atom. The SMILES string of the molecule is Nc1ncc2c(n1)C1(CCN(C(=O)C3CCN(Cc4ccco4)CC3)CC1)OCC2. The Kier molecular flexibility index (Phi) is 5.20. The first-order chi connectivity index (χ1) is 14.6. The molecule has 1 amide bonds. The van der Waals surface area contributed by atoms with Crippen LogP contribution in [0.5, 0.6) is 0 Å². The van der Waals surface area contributed by atoms with Gasteiger partial charge in [0.15, 0.2) is 0 Å². The fourth-order valence-electron chi connectivity index (χ4n) is 5.11. The van der Waals surface area contributed by atoms with Crippen LogP contribution < -0.4 is 5.73 Å². The highest BCUT2D eigenvalue weighted by Crippen LogP contribution is 2.41. The van der Waals surface area contributed by atoms with Crippen LogP contribution in [-0.2, 0) is 28.1 Å². The van der Waals surface area contributed by atoms with E-state index in [4.69, 9.17) is 14.9 Å². The summed E-state index contributed by atoms with van der Waals surface area (Å²) < 4.78 is 11.7. The standard InChI is InChI=1S/C22H29N5O3/c23-21-24-14-17-5-13-30-22(19(17)25-21)6-10-27(11-7-22)20(28)16-3-8-26(9-4-16)15-18-2-1-12-29-18/h1-2,12,14,16H,3-11,13,15H2,(H2,23,24,25). The van der Waals surface area contributed by atoms with Gasteiger partial charge in [-0.3, -0.25) is 9.69 Å². The van der Waals surface area contributed by atoms with Gasteiger partial charge in [-0.15, -0.1) is 0 Å². The van der Waals surface area contributed by atoms with Gasteiger partial charge in [0.1, 0.15) is 11.4 Å². The molecule has 30 heavy (non-hydrogen) atoms. The van der Waals surface area contributed by atoms with Gasteiger partial charge in [-0.25, -0.2) is 9.97 Å². The molecular formula is C22H29N5O3. The molecule has 0 bridgehead atoms. The van der Waals surface area contributed by atoms with Crippen LogP contribution in [0, 0.1) is 5.92 Å². The minimum Gasteiger partial charge on any atom is -0.468 e. The van der Waals surface area contributed by atoms with Crippen LogP contribution >= 0.6 is 0 Å². The second kappa shape index (κ2) is 8.00. The minimum absolute atomic E-state index is 0.115. The van der Waals surface area contributed by atoms with Crippen molar-refractivity contribution >= 4 is 11.9 Å². The number of aromatic nitrogens is 2. The van der Waals surface area contributed by atoms with Crippen LogP contribution in [0.15, 0.2) is 29.0 Å². The fourth-order valence-corrected chi connectivity index (χ4v) is 5.11. The number of carbonyl (C=O) groups is 1. The van der Waals surface area contributed by atoms with Gasteiger partial charge in [0.2, 0.25) is 11.9 Å². The van der Waals surface area contributed by atoms with E-state index in [9.17, 15) is 4.79 Å². The van der Waals surface area contributed by atoms with Crippen molar-refractivity contribution in [2.24, 2.45) is 5.92 Å². The lowest BCUT2D eigenvalue weighted by atomic mass is 9.82. The molecule has 8 nitrogen and oxygen atoms in total. The van der Waals surface area contributed by atoms with E-state index < -0.39 is 5.60 Å². The van der Waals surface area contributed by atoms with Gasteiger partial charge >= 0.3 is 0 Å². The zero-order valence-corrected chi connectivity index (χ0v) is 17.3. The molecule has 0 radical (unpaired) electrons. The van der Waals surface area contributed by atoms with E-state index in [1.54, 1.807) is 6.26 Å². The van der Waals surface area contributed by atoms with E-state index >= 15 is 0 Å². The molecule has 5 heterocycles. The summed E-state index contributed by atoms with van der Waals surface area (Å²) in [6.45, 7) is 4.76. The third-order valence-electron chi connectivity index (χ3n) is 6.84. The largest absolute Gasteiger partial charge is 0.468 e. The molecule has 0 unspecified atom stereocenters. The van der Waals surface area contributed by atoms with Gasteiger partial charge in [-0.2, -0.15) is 0 Å². The fraction of sp³-hybridized carbons (Fsp3) is 0.591. The Morgan fingerprint density at radius 2 is 2.03 bits per heavy atom. The summed E-state index contributed by atoms with van der Waals surface area (Å²) in [6.07, 6.45) is 7.70. The zero-order valence-electron chi connectivity index (χ0n) is 17.3. The number of carbonyl (C=O) groups excluding carboxylic acids is 1. The smallest absolute Gasteiger partial charge is 0.225 e. The summed E-state index contributed by atoms with van der Waals surface area (Å²) in [5.74, 6) is 1.68. The summed E-state index contributed by atoms with van der Waals surface area (Å²) in [5.41, 5.74) is 7.48. The van der Waals surface area contributed by atoms with E-state index in [0.717, 1.165) is 68.8 Å². The zero-order chi connectivity index (χ0) is 20.6. The normalized spacial score (nSPS) is 22.2. The maximum absolute atomic E-state index is 13.2. The second-order valence-electron chi connectivity index (χ2n) is 8.65. The maximum atomic E-state index is 13.2. The van der Waals surface area contributed by atoms with Crippen LogP contribution in [0.25, 0.3) is 0 Å². The predicted octanol–water partition coefficient (Wildman–Crippen LogP) is 1.95. The summed E-state index contributed by atoms with van der Waals surface area (Å²) >= 11 is 0. The highest BCUT2D eigenvalue weighted by atomic mass is 16.5. The first kappa shape index (κ1) is 19.5. The lowest BCUT2D eigenvalue weighted by molar-refractivity contribution is -0.146. The Bertz CT molecular complexity index is 884. The van der Waals surface area contributed by atoms with Crippen LogP contribution in [-0.4, -0.2) is 58.5 Å². The van der Waals surface area contributed by atoms with Crippen molar-refractivity contribution < 1.29 is 13.9 Å². The molecule has 3 aliphatic heterocycles. The molecule has 2 aromatic rings. The van der Waals surface area contributed by atoms with Crippen molar-refractivity contribution in [3.05, 3.63) is 41.6 Å². The molecule has 0 aliphatic carbocycles. The number of fused-ring (bicyclic) bond motifs is 2. The van der Waals surface area contributed by atoms with E-state index in [1.807, 2.05) is 23.2 Å². The number of hydrogen-bond acceptors (Lipinski definition) is 7. The molecule has 0 atom stereocenters. The van der Waals surface area contributed by atoms with Crippen molar-refractivity contribution in [2.75, 3.05) is 38.5 Å². The average molecular weight is 412 g/mol. The van der Waals surface area contributed by atoms with Crippen LogP contribution in [0.3, 0.4) is 0 Å². The van der Waals surface area contributed by atoms with Crippen LogP contribution in [0.2, 0.25) is 0 Å². The first-order valence-corrected chi connectivity index (χ1v) is 10.9. The monoisotopic (exact) mass is 411 g/mol. The molecule has 0 aromatic carbocycles. The molecule has 1 spiro atoms. The van der Waals surface area contributed by atoms with Crippen molar-refractivity contribution in [3.63, 3.8) is 0 Å². The van der Waals surface area contributed by atoms with Gasteiger partial charge in [-0.1, -0.05) is 0 Å². The van der Waals surface area contributed by atoms with Crippen molar-refractivity contribution in [1.82, 2.24) is 19.8 Å². The van der Waals surface area contributed by atoms with E-state index in [-0.39, 0.29) is 5.92 Å². The summed E-state index contributed by atoms with van der Waals surface area (Å²) in [4.78, 5) is 26.2. The lowest BCUT2D eigenvalue weighted by Crippen LogP contribution is -2.51. The molecule has 2 fully saturated rings. The second-order valence-corrected chi connectivity index (χ2v) is 8.65. The number of nitrogens with two attached hydrogens (primary N) is 1. The van der Waals surface area contributed by atoms with Crippen molar-refractivity contribution in [3.8, 4) is 0 Å². The number of anilines is 1. The quantitative estimate of drug-likeness (QED) is 0.824. The average Bonchev–Trinajstić information content (AvgIpc) is 3.28. The Hall–Kier alpha value is -2.45. The van der Waals surface area contributed by atoms with Gasteiger partial charge in [0.05, 0.1) is 25.1 Å². The van der Waals surface area contributed by atoms with Gasteiger partial charge in [0, 0.05) is 25.2 Å². The Balaban J connectivity index is 1.18. The van der Waals surface area contributed by atoms with Gasteiger partial charge in [0.25, 0.3) is 0 Å². The molecule has 160 valence electrons. The van der Waals surface area contributed by atoms with Crippen molar-refractivity contribution in [2.45, 2.75) is 44.2 Å². The number of amides is 1. The van der Waals surface area contributed by atoms with Gasteiger partial charge in [-0.05, 0) is 62.9 Å². The molecule has 5 rings (SSSR count). The molecule has 8 heteroatoms. The van der Waals surface area contributed by atoms with E-state index in [2.05, 4.69) is 14.9 Å². The summed E-state index contributed by atoms with van der Waals surface area (Å²) in [7, 11) is 0. The Morgan fingerprint density at radius 1 is 1.23 bits per heavy atom. The van der Waals surface area contributed by atoms with Gasteiger partial charge < -0.3 is 19.8 Å². The van der Waals surface area contributed by atoms with Crippen LogP contribution in [0.4, 0.5) is 5.95 Å². The lowest BCUT2D eigenvalue weighted by Gasteiger charge is -2.45. The number of ether oxygens (including phenoxy) is 1.